The molecule has 0 aliphatic carbocycles. The van der Waals surface area contributed by atoms with E-state index in [2.05, 4.69) is 20.1 Å². The highest BCUT2D eigenvalue weighted by molar-refractivity contribution is 5.92. The van der Waals surface area contributed by atoms with Crippen molar-refractivity contribution in [3.63, 3.8) is 0 Å². The largest absolute Gasteiger partial charge is 0.480 e. The third kappa shape index (κ3) is 11.9. The van der Waals surface area contributed by atoms with Gasteiger partial charge in [-0.2, -0.15) is 0 Å². The summed E-state index contributed by atoms with van der Waals surface area (Å²) in [6, 6.07) is -4.22. The van der Waals surface area contributed by atoms with E-state index in [1.807, 2.05) is 0 Å². The minimum atomic E-state index is -1.49. The molecule has 0 fully saturated rings. The molecule has 0 rings (SSSR count). The van der Waals surface area contributed by atoms with E-state index in [-0.39, 0.29) is 25.9 Å². The molecule has 14 heteroatoms. The quantitative estimate of drug-likeness (QED) is 0.0720. The van der Waals surface area contributed by atoms with Crippen molar-refractivity contribution in [2.45, 2.75) is 50.2 Å². The summed E-state index contributed by atoms with van der Waals surface area (Å²) < 4.78 is 8.90. The molecule has 0 aliphatic rings. The first-order chi connectivity index (χ1) is 14.1. The van der Waals surface area contributed by atoms with Crippen molar-refractivity contribution in [3.8, 4) is 0 Å². The lowest BCUT2D eigenvalue weighted by atomic mass is 10.1. The molecule has 3 atom stereocenters. The molecule has 0 heterocycles. The van der Waals surface area contributed by atoms with Crippen LogP contribution in [0.4, 0.5) is 0 Å². The lowest BCUT2D eigenvalue weighted by molar-refractivity contribution is -0.152. The number of aliphatic hydroxyl groups excluding tert-OH is 2. The number of carboxylic acids is 2. The zero-order valence-electron chi connectivity index (χ0n) is 16.1. The van der Waals surface area contributed by atoms with Crippen LogP contribution < -0.4 is 16.4 Å². The SMILES string of the molecule is NC(CC(=O)NC(CCCOCO)C(=O)O)C(=O)NC(CCC(=O)OCO)C(=O)O. The lowest BCUT2D eigenvalue weighted by Crippen LogP contribution is -2.51. The highest BCUT2D eigenvalue weighted by Crippen LogP contribution is 2.03. The number of aliphatic carboxylic acids is 2. The number of ether oxygens (including phenoxy) is 2. The summed E-state index contributed by atoms with van der Waals surface area (Å²) in [6.07, 6.45) is -1.10. The Labute approximate surface area is 171 Å². The summed E-state index contributed by atoms with van der Waals surface area (Å²) in [7, 11) is 0. The van der Waals surface area contributed by atoms with Gasteiger partial charge in [-0.1, -0.05) is 0 Å². The van der Waals surface area contributed by atoms with Crippen LogP contribution in [0.1, 0.15) is 32.1 Å². The van der Waals surface area contributed by atoms with E-state index >= 15 is 0 Å². The maximum absolute atomic E-state index is 12.0. The van der Waals surface area contributed by atoms with E-state index < -0.39 is 74.3 Å². The standard InChI is InChI=1S/C16H27N3O11/c17-9(6-12(22)18-10(15(25)26)2-1-5-29-7-20)14(24)19-11(16(27)28)3-4-13(23)30-8-21/h9-11,20-21H,1-8,17H2,(H,18,22)(H,19,24)(H,25,26)(H,27,28). The van der Waals surface area contributed by atoms with E-state index in [0.29, 0.717) is 0 Å². The predicted molar refractivity (Wildman–Crippen MR) is 96.4 cm³/mol. The third-order valence-corrected chi connectivity index (χ3v) is 3.73. The Morgan fingerprint density at radius 3 is 2.03 bits per heavy atom. The Kier molecular flexibility index (Phi) is 13.7. The number of hydrogen-bond acceptors (Lipinski definition) is 10. The molecule has 8 N–H and O–H groups in total. The van der Waals surface area contributed by atoms with Crippen LogP contribution in [0.25, 0.3) is 0 Å². The van der Waals surface area contributed by atoms with Crippen LogP contribution in [-0.2, 0) is 33.4 Å². The van der Waals surface area contributed by atoms with Crippen molar-refractivity contribution in [1.29, 1.82) is 0 Å². The number of amides is 2. The second-order valence-electron chi connectivity index (χ2n) is 6.03. The Hall–Kier alpha value is -2.81. The molecule has 0 spiro atoms. The number of carbonyl (C=O) groups excluding carboxylic acids is 3. The summed E-state index contributed by atoms with van der Waals surface area (Å²) in [4.78, 5) is 57.5. The maximum Gasteiger partial charge on any atom is 0.326 e. The average molecular weight is 437 g/mol. The Morgan fingerprint density at radius 1 is 0.900 bits per heavy atom. The first-order valence-corrected chi connectivity index (χ1v) is 8.88. The van der Waals surface area contributed by atoms with Crippen molar-refractivity contribution in [2.24, 2.45) is 5.73 Å². The maximum atomic E-state index is 12.0. The molecule has 0 saturated carbocycles. The van der Waals surface area contributed by atoms with Crippen molar-refractivity contribution in [2.75, 3.05) is 20.2 Å². The van der Waals surface area contributed by atoms with Crippen LogP contribution in [0.5, 0.6) is 0 Å². The molecule has 0 aromatic heterocycles. The highest BCUT2D eigenvalue weighted by atomic mass is 16.6. The molecule has 0 saturated heterocycles. The number of nitrogens with one attached hydrogen (secondary N) is 2. The Morgan fingerprint density at radius 2 is 1.50 bits per heavy atom. The molecule has 0 aliphatic heterocycles. The van der Waals surface area contributed by atoms with Crippen LogP contribution in [0.15, 0.2) is 0 Å². The Bertz CT molecular complexity index is 599. The van der Waals surface area contributed by atoms with Crippen molar-refractivity contribution >= 4 is 29.7 Å². The fourth-order valence-electron chi connectivity index (χ4n) is 2.20. The molecule has 0 radical (unpaired) electrons. The minimum absolute atomic E-state index is 0.00748. The number of carboxylic acid groups (broad SMARTS) is 2. The molecule has 3 unspecified atom stereocenters. The van der Waals surface area contributed by atoms with Crippen LogP contribution in [0.3, 0.4) is 0 Å². The van der Waals surface area contributed by atoms with E-state index in [1.165, 1.54) is 0 Å². The normalized spacial score (nSPS) is 13.6. The summed E-state index contributed by atoms with van der Waals surface area (Å²) in [5.74, 6) is -5.47. The predicted octanol–water partition coefficient (Wildman–Crippen LogP) is -3.14. The summed E-state index contributed by atoms with van der Waals surface area (Å²) >= 11 is 0. The second kappa shape index (κ2) is 15.1. The first kappa shape index (κ1) is 27.2. The fourth-order valence-corrected chi connectivity index (χ4v) is 2.20. The summed E-state index contributed by atoms with van der Waals surface area (Å²) in [6.45, 7) is -1.30. The van der Waals surface area contributed by atoms with Crippen LogP contribution >= 0.6 is 0 Å². The number of aliphatic hydroxyl groups is 2. The van der Waals surface area contributed by atoms with Crippen LogP contribution in [0, 0.1) is 0 Å². The van der Waals surface area contributed by atoms with E-state index in [9.17, 15) is 24.0 Å². The van der Waals surface area contributed by atoms with Crippen LogP contribution in [-0.4, -0.2) is 88.5 Å². The molecule has 30 heavy (non-hydrogen) atoms. The van der Waals surface area contributed by atoms with Gasteiger partial charge in [0.15, 0.2) is 6.79 Å². The number of hydrogen-bond donors (Lipinski definition) is 7. The molecular formula is C16H27N3O11. The van der Waals surface area contributed by atoms with Gasteiger partial charge in [-0.15, -0.1) is 0 Å². The van der Waals surface area contributed by atoms with Crippen molar-refractivity contribution < 1.29 is 53.9 Å². The van der Waals surface area contributed by atoms with Gasteiger partial charge in [0.1, 0.15) is 18.9 Å². The van der Waals surface area contributed by atoms with Crippen molar-refractivity contribution in [1.82, 2.24) is 10.6 Å². The Balaban J connectivity index is 4.61. The lowest BCUT2D eigenvalue weighted by Gasteiger charge is -2.19. The fraction of sp³-hybridized carbons (Fsp3) is 0.688. The topological polar surface area (TPSA) is 235 Å². The number of nitrogens with two attached hydrogens (primary N) is 1. The van der Waals surface area contributed by atoms with Gasteiger partial charge in [0.25, 0.3) is 0 Å². The average Bonchev–Trinajstić information content (AvgIpc) is 2.66. The number of rotatable bonds is 16. The summed E-state index contributed by atoms with van der Waals surface area (Å²) in [5.41, 5.74) is 5.58. The molecule has 0 bridgehead atoms. The van der Waals surface area contributed by atoms with Gasteiger partial charge in [-0.3, -0.25) is 14.4 Å². The monoisotopic (exact) mass is 437 g/mol. The van der Waals surface area contributed by atoms with Gasteiger partial charge in [-0.25, -0.2) is 9.59 Å². The van der Waals surface area contributed by atoms with E-state index in [0.717, 1.165) is 0 Å². The highest BCUT2D eigenvalue weighted by Gasteiger charge is 2.27. The molecule has 2 amide bonds. The molecular weight excluding hydrogens is 410 g/mol. The van der Waals surface area contributed by atoms with Gasteiger partial charge in [0, 0.05) is 13.0 Å². The van der Waals surface area contributed by atoms with Gasteiger partial charge >= 0.3 is 17.9 Å². The zero-order valence-corrected chi connectivity index (χ0v) is 16.1. The smallest absolute Gasteiger partial charge is 0.326 e. The molecule has 172 valence electrons. The molecule has 0 aromatic rings. The number of esters is 1. The van der Waals surface area contributed by atoms with Gasteiger partial charge < -0.3 is 46.3 Å². The van der Waals surface area contributed by atoms with Gasteiger partial charge in [-0.05, 0) is 19.3 Å². The minimum Gasteiger partial charge on any atom is -0.480 e. The van der Waals surface area contributed by atoms with E-state index in [1.54, 1.807) is 0 Å². The summed E-state index contributed by atoms with van der Waals surface area (Å²) in [5, 5.41) is 39.4. The van der Waals surface area contributed by atoms with Crippen molar-refractivity contribution in [3.05, 3.63) is 0 Å². The second-order valence-corrected chi connectivity index (χ2v) is 6.03. The third-order valence-electron chi connectivity index (χ3n) is 3.73. The molecule has 14 nitrogen and oxygen atoms in total. The molecule has 0 aromatic carbocycles. The van der Waals surface area contributed by atoms with Crippen LogP contribution in [0.2, 0.25) is 0 Å². The first-order valence-electron chi connectivity index (χ1n) is 8.88. The van der Waals surface area contributed by atoms with Gasteiger partial charge in [0.05, 0.1) is 12.5 Å². The van der Waals surface area contributed by atoms with E-state index in [4.69, 9.17) is 26.2 Å². The van der Waals surface area contributed by atoms with Gasteiger partial charge in [0.2, 0.25) is 11.8 Å². The zero-order chi connectivity index (χ0) is 23.1. The number of carbonyl (C=O) groups is 5.